The summed E-state index contributed by atoms with van der Waals surface area (Å²) >= 11 is 0. The molecule has 0 spiro atoms. The van der Waals surface area contributed by atoms with Gasteiger partial charge < -0.3 is 15.0 Å². The lowest BCUT2D eigenvalue weighted by Crippen LogP contribution is -2.43. The Labute approximate surface area is 144 Å². The number of nitrogens with zero attached hydrogens (tertiary/aromatic N) is 1. The number of amides is 2. The first-order valence-electron chi connectivity index (χ1n) is 8.81. The molecule has 1 saturated heterocycles. The molecule has 2 amide bonds. The molecule has 1 N–H and O–H groups in total. The molecule has 0 radical (unpaired) electrons. The molecule has 1 aliphatic rings. The molecule has 0 saturated carbocycles. The van der Waals surface area contributed by atoms with Gasteiger partial charge in [-0.15, -0.1) is 0 Å². The number of carbonyl (C=O) groups excluding carboxylic acids is 2. The Morgan fingerprint density at radius 2 is 2.08 bits per heavy atom. The fourth-order valence-corrected chi connectivity index (χ4v) is 3.30. The maximum atomic E-state index is 12.8. The highest BCUT2D eigenvalue weighted by atomic mass is 16.5. The van der Waals surface area contributed by atoms with E-state index in [-0.39, 0.29) is 30.3 Å². The summed E-state index contributed by atoms with van der Waals surface area (Å²) in [5.74, 6) is 0.663. The van der Waals surface area contributed by atoms with Gasteiger partial charge in [0.15, 0.2) is 0 Å². The van der Waals surface area contributed by atoms with Crippen LogP contribution in [0.3, 0.4) is 0 Å². The van der Waals surface area contributed by atoms with E-state index in [1.54, 1.807) is 0 Å². The topological polar surface area (TPSA) is 58.6 Å². The lowest BCUT2D eigenvalue weighted by atomic mass is 9.99. The highest BCUT2D eigenvalue weighted by Crippen LogP contribution is 2.29. The second-order valence-electron chi connectivity index (χ2n) is 6.36. The third-order valence-electron chi connectivity index (χ3n) is 4.47. The molecule has 0 aliphatic carbocycles. The van der Waals surface area contributed by atoms with Crippen LogP contribution in [0.2, 0.25) is 0 Å². The lowest BCUT2D eigenvalue weighted by Gasteiger charge is -2.34. The van der Waals surface area contributed by atoms with E-state index in [9.17, 15) is 9.59 Å². The monoisotopic (exact) mass is 332 g/mol. The van der Waals surface area contributed by atoms with Crippen LogP contribution in [0.25, 0.3) is 0 Å². The predicted octanol–water partition coefficient (Wildman–Crippen LogP) is 3.05. The highest BCUT2D eigenvalue weighted by molar-refractivity contribution is 5.79. The minimum absolute atomic E-state index is 0.0900. The van der Waals surface area contributed by atoms with Crippen LogP contribution in [0.5, 0.6) is 5.75 Å². The molecule has 5 nitrogen and oxygen atoms in total. The van der Waals surface area contributed by atoms with Gasteiger partial charge >= 0.3 is 0 Å². The van der Waals surface area contributed by atoms with E-state index < -0.39 is 0 Å². The van der Waals surface area contributed by atoms with Crippen molar-refractivity contribution in [2.24, 2.45) is 0 Å². The molecule has 1 aromatic carbocycles. The summed E-state index contributed by atoms with van der Waals surface area (Å²) < 4.78 is 5.67. The minimum Gasteiger partial charge on any atom is -0.494 e. The van der Waals surface area contributed by atoms with E-state index in [0.29, 0.717) is 6.61 Å². The first kappa shape index (κ1) is 18.3. The normalized spacial score (nSPS) is 18.8. The van der Waals surface area contributed by atoms with Crippen LogP contribution in [0, 0.1) is 0 Å². The van der Waals surface area contributed by atoms with Crippen molar-refractivity contribution in [1.82, 2.24) is 10.2 Å². The van der Waals surface area contributed by atoms with Crippen molar-refractivity contribution in [3.63, 3.8) is 0 Å². The first-order valence-corrected chi connectivity index (χ1v) is 8.81. The van der Waals surface area contributed by atoms with Crippen molar-refractivity contribution in [2.45, 2.75) is 58.5 Å². The van der Waals surface area contributed by atoms with Gasteiger partial charge in [-0.2, -0.15) is 0 Å². The van der Waals surface area contributed by atoms with E-state index in [1.807, 2.05) is 36.1 Å². The van der Waals surface area contributed by atoms with Gasteiger partial charge in [0.05, 0.1) is 19.1 Å². The summed E-state index contributed by atoms with van der Waals surface area (Å²) in [6.07, 6.45) is 3.53. The summed E-state index contributed by atoms with van der Waals surface area (Å²) in [4.78, 5) is 26.4. The van der Waals surface area contributed by atoms with E-state index in [4.69, 9.17) is 4.74 Å². The van der Waals surface area contributed by atoms with Gasteiger partial charge in [0.25, 0.3) is 0 Å². The number of para-hydroxylation sites is 1. The first-order chi connectivity index (χ1) is 11.5. The molecule has 2 atom stereocenters. The fourth-order valence-electron chi connectivity index (χ4n) is 3.30. The van der Waals surface area contributed by atoms with Crippen molar-refractivity contribution >= 4 is 11.8 Å². The molecule has 1 aromatic rings. The SMILES string of the molecule is CCOc1ccccc1[C@@H](CC(=O)N1CCCC[C@@H]1C)NC(C)=O. The van der Waals surface area contributed by atoms with Crippen molar-refractivity contribution in [3.05, 3.63) is 29.8 Å². The van der Waals surface area contributed by atoms with Crippen molar-refractivity contribution in [3.8, 4) is 5.75 Å². The molecule has 5 heteroatoms. The van der Waals surface area contributed by atoms with Crippen LogP contribution in [0.4, 0.5) is 0 Å². The number of rotatable bonds is 6. The van der Waals surface area contributed by atoms with Gasteiger partial charge in [0, 0.05) is 25.1 Å². The third kappa shape index (κ3) is 4.73. The zero-order chi connectivity index (χ0) is 17.5. The quantitative estimate of drug-likeness (QED) is 0.871. The minimum atomic E-state index is -0.369. The molecule has 1 heterocycles. The maximum Gasteiger partial charge on any atom is 0.225 e. The Morgan fingerprint density at radius 1 is 1.33 bits per heavy atom. The Bertz CT molecular complexity index is 573. The second kappa shape index (κ2) is 8.71. The number of hydrogen-bond donors (Lipinski definition) is 1. The number of carbonyl (C=O) groups is 2. The Balaban J connectivity index is 2.19. The summed E-state index contributed by atoms with van der Waals surface area (Å²) in [6.45, 7) is 6.84. The predicted molar refractivity (Wildman–Crippen MR) is 93.8 cm³/mol. The van der Waals surface area contributed by atoms with Crippen molar-refractivity contribution in [2.75, 3.05) is 13.2 Å². The molecule has 0 bridgehead atoms. The van der Waals surface area contributed by atoms with Crippen molar-refractivity contribution < 1.29 is 14.3 Å². The molecule has 24 heavy (non-hydrogen) atoms. The summed E-state index contributed by atoms with van der Waals surface area (Å²) in [7, 11) is 0. The van der Waals surface area contributed by atoms with Crippen LogP contribution in [0.1, 0.15) is 58.1 Å². The van der Waals surface area contributed by atoms with E-state index in [1.165, 1.54) is 13.3 Å². The second-order valence-corrected chi connectivity index (χ2v) is 6.36. The van der Waals surface area contributed by atoms with Gasteiger partial charge in [-0.3, -0.25) is 9.59 Å². The summed E-state index contributed by atoms with van der Waals surface area (Å²) in [6, 6.07) is 7.49. The zero-order valence-corrected chi connectivity index (χ0v) is 14.9. The van der Waals surface area contributed by atoms with Crippen LogP contribution in [0.15, 0.2) is 24.3 Å². The smallest absolute Gasteiger partial charge is 0.225 e. The average molecular weight is 332 g/mol. The van der Waals surface area contributed by atoms with E-state index in [0.717, 1.165) is 30.7 Å². The third-order valence-corrected chi connectivity index (χ3v) is 4.47. The van der Waals surface area contributed by atoms with Crippen LogP contribution < -0.4 is 10.1 Å². The average Bonchev–Trinajstić information content (AvgIpc) is 2.55. The lowest BCUT2D eigenvalue weighted by molar-refractivity contribution is -0.135. The number of piperidine rings is 1. The Kier molecular flexibility index (Phi) is 6.64. The zero-order valence-electron chi connectivity index (χ0n) is 14.9. The fraction of sp³-hybridized carbons (Fsp3) is 0.579. The van der Waals surface area contributed by atoms with Gasteiger partial charge in [-0.1, -0.05) is 18.2 Å². The van der Waals surface area contributed by atoms with E-state index in [2.05, 4.69) is 12.2 Å². The molecule has 0 aromatic heterocycles. The molecule has 1 aliphatic heterocycles. The molecular formula is C19H28N2O3. The summed E-state index contributed by atoms with van der Waals surface area (Å²) in [5.41, 5.74) is 0.854. The van der Waals surface area contributed by atoms with Gasteiger partial charge in [-0.25, -0.2) is 0 Å². The number of likely N-dealkylation sites (tertiary alicyclic amines) is 1. The van der Waals surface area contributed by atoms with Gasteiger partial charge in [0.2, 0.25) is 11.8 Å². The number of benzene rings is 1. The molecule has 1 fully saturated rings. The number of nitrogens with one attached hydrogen (secondary N) is 1. The van der Waals surface area contributed by atoms with Gasteiger partial charge in [-0.05, 0) is 39.2 Å². The van der Waals surface area contributed by atoms with Crippen LogP contribution in [-0.2, 0) is 9.59 Å². The Morgan fingerprint density at radius 3 is 2.75 bits per heavy atom. The van der Waals surface area contributed by atoms with E-state index >= 15 is 0 Å². The highest BCUT2D eigenvalue weighted by Gasteiger charge is 2.27. The summed E-state index contributed by atoms with van der Waals surface area (Å²) in [5, 5.41) is 2.91. The molecule has 0 unspecified atom stereocenters. The molecule has 132 valence electrons. The number of hydrogen-bond acceptors (Lipinski definition) is 3. The maximum absolute atomic E-state index is 12.8. The largest absolute Gasteiger partial charge is 0.494 e. The number of ether oxygens (including phenoxy) is 1. The van der Waals surface area contributed by atoms with Crippen molar-refractivity contribution in [1.29, 1.82) is 0 Å². The molecular weight excluding hydrogens is 304 g/mol. The van der Waals surface area contributed by atoms with Crippen LogP contribution in [-0.4, -0.2) is 35.9 Å². The van der Waals surface area contributed by atoms with Crippen LogP contribution >= 0.6 is 0 Å². The molecule has 2 rings (SSSR count). The standard InChI is InChI=1S/C19H28N2O3/c1-4-24-18-11-6-5-10-16(18)17(20-15(3)22)13-19(23)21-12-8-7-9-14(21)2/h5-6,10-11,14,17H,4,7-9,12-13H2,1-3H3,(H,20,22)/t14-,17+/m0/s1. The van der Waals surface area contributed by atoms with Gasteiger partial charge in [0.1, 0.15) is 5.75 Å². The Hall–Kier alpha value is -2.04.